The van der Waals surface area contributed by atoms with E-state index in [0.29, 0.717) is 16.6 Å². The van der Waals surface area contributed by atoms with E-state index in [4.69, 9.17) is 0 Å². The number of H-pyrrole nitrogens is 1. The van der Waals surface area contributed by atoms with Crippen LogP contribution in [0.25, 0.3) is 16.8 Å². The van der Waals surface area contributed by atoms with Gasteiger partial charge in [0.05, 0.1) is 27.6 Å². The summed E-state index contributed by atoms with van der Waals surface area (Å²) in [7, 11) is 0. The van der Waals surface area contributed by atoms with Crippen LogP contribution in [0.5, 0.6) is 0 Å². The summed E-state index contributed by atoms with van der Waals surface area (Å²) in [5.74, 6) is -2.84. The van der Waals surface area contributed by atoms with Gasteiger partial charge in [0.15, 0.2) is 0 Å². The fourth-order valence-electron chi connectivity index (χ4n) is 4.51. The maximum atomic E-state index is 13.8. The Morgan fingerprint density at radius 2 is 1.71 bits per heavy atom. The smallest absolute Gasteiger partial charge is 0.302 e. The summed E-state index contributed by atoms with van der Waals surface area (Å²) in [6, 6.07) is 15.2. The average molecular weight is 515 g/mol. The van der Waals surface area contributed by atoms with Crippen molar-refractivity contribution in [1.29, 1.82) is 0 Å². The normalized spacial score (nSPS) is 17.4. The number of aliphatic hydroxyl groups is 1. The molecule has 192 valence electrons. The number of aromatic nitrogens is 2. The Morgan fingerprint density at radius 1 is 1.05 bits per heavy atom. The number of nitro groups is 1. The zero-order chi connectivity index (χ0) is 27.4. The number of nitrogens with one attached hydrogen (secondary N) is 1. The largest absolute Gasteiger partial charge is 0.507 e. The average Bonchev–Trinajstić information content (AvgIpc) is 3.40. The molecule has 0 saturated carbocycles. The van der Waals surface area contributed by atoms with E-state index >= 15 is 0 Å². The Balaban J connectivity index is 1.70. The summed E-state index contributed by atoms with van der Waals surface area (Å²) in [6.07, 6.45) is 0. The molecule has 0 radical (unpaired) electrons. The van der Waals surface area contributed by atoms with Gasteiger partial charge in [-0.05, 0) is 46.9 Å². The SMILES string of the molecule is CC(C)(C)c1ccc(C2/C(=C(\O)c3ccc([N+](=O)[O-])cc3)C(=O)C(=O)N2c2nc3ccc(F)cc3[nH]2)cc1. The monoisotopic (exact) mass is 514 g/mol. The third kappa shape index (κ3) is 4.19. The third-order valence-electron chi connectivity index (χ3n) is 6.55. The number of amides is 1. The predicted molar refractivity (Wildman–Crippen MR) is 139 cm³/mol. The number of aromatic amines is 1. The lowest BCUT2D eigenvalue weighted by atomic mass is 9.85. The van der Waals surface area contributed by atoms with Crippen molar-refractivity contribution < 1.29 is 24.0 Å². The molecule has 1 amide bonds. The summed E-state index contributed by atoms with van der Waals surface area (Å²) in [6.45, 7) is 6.16. The number of Topliss-reactive ketones (excluding diaryl/α,β-unsaturated/α-hetero) is 1. The van der Waals surface area contributed by atoms with Crippen molar-refractivity contribution in [2.75, 3.05) is 4.90 Å². The second kappa shape index (κ2) is 8.91. The minimum atomic E-state index is -1.07. The molecule has 5 rings (SSSR count). The van der Waals surface area contributed by atoms with Gasteiger partial charge in [-0.3, -0.25) is 24.6 Å². The maximum absolute atomic E-state index is 13.8. The zero-order valence-corrected chi connectivity index (χ0v) is 20.7. The molecule has 2 heterocycles. The first-order valence-corrected chi connectivity index (χ1v) is 11.8. The molecule has 9 nitrogen and oxygen atoms in total. The van der Waals surface area contributed by atoms with E-state index in [2.05, 4.69) is 30.7 Å². The van der Waals surface area contributed by atoms with E-state index in [1.807, 2.05) is 12.1 Å². The van der Waals surface area contributed by atoms with E-state index < -0.39 is 34.2 Å². The number of anilines is 1. The van der Waals surface area contributed by atoms with E-state index in [9.17, 15) is 29.2 Å². The molecule has 0 spiro atoms. The van der Waals surface area contributed by atoms with Crippen molar-refractivity contribution >= 4 is 40.1 Å². The van der Waals surface area contributed by atoms with E-state index in [1.54, 1.807) is 12.1 Å². The van der Waals surface area contributed by atoms with Crippen LogP contribution in [0.1, 0.15) is 43.5 Å². The maximum Gasteiger partial charge on any atom is 0.302 e. The third-order valence-corrected chi connectivity index (χ3v) is 6.55. The van der Waals surface area contributed by atoms with Crippen LogP contribution < -0.4 is 4.90 Å². The number of carbonyl (C=O) groups is 2. The molecule has 10 heteroatoms. The van der Waals surface area contributed by atoms with Gasteiger partial charge in [0.2, 0.25) is 5.95 Å². The van der Waals surface area contributed by atoms with Gasteiger partial charge in [-0.15, -0.1) is 0 Å². The topological polar surface area (TPSA) is 129 Å². The Morgan fingerprint density at radius 3 is 2.32 bits per heavy atom. The highest BCUT2D eigenvalue weighted by molar-refractivity contribution is 6.51. The van der Waals surface area contributed by atoms with Crippen molar-refractivity contribution in [2.24, 2.45) is 0 Å². The molecule has 3 aromatic carbocycles. The summed E-state index contributed by atoms with van der Waals surface area (Å²) < 4.78 is 13.8. The predicted octanol–water partition coefficient (Wildman–Crippen LogP) is 5.53. The lowest BCUT2D eigenvalue weighted by Gasteiger charge is -2.24. The van der Waals surface area contributed by atoms with E-state index in [-0.39, 0.29) is 28.2 Å². The first kappa shape index (κ1) is 24.8. The molecule has 0 bridgehead atoms. The lowest BCUT2D eigenvalue weighted by molar-refractivity contribution is -0.384. The highest BCUT2D eigenvalue weighted by atomic mass is 19.1. The molecule has 1 aliphatic heterocycles. The number of hydrogen-bond donors (Lipinski definition) is 2. The molecular weight excluding hydrogens is 491 g/mol. The standard InChI is InChI=1S/C28H23FN4O5/c1-28(2,3)17-8-4-15(5-9-17)23-22(24(34)16-6-11-19(12-7-16)33(37)38)25(35)26(36)32(23)27-30-20-13-10-18(29)14-21(20)31-27/h4-14,23,34H,1-3H3,(H,30,31)/b24-22+. The Hall–Kier alpha value is -4.86. The van der Waals surface area contributed by atoms with Crippen LogP contribution in [-0.2, 0) is 15.0 Å². The van der Waals surface area contributed by atoms with Crippen LogP contribution in [0.3, 0.4) is 0 Å². The minimum Gasteiger partial charge on any atom is -0.507 e. The number of nitro benzene ring substituents is 1. The van der Waals surface area contributed by atoms with Crippen LogP contribution in [0, 0.1) is 15.9 Å². The lowest BCUT2D eigenvalue weighted by Crippen LogP contribution is -2.30. The highest BCUT2D eigenvalue weighted by Gasteiger charge is 2.48. The van der Waals surface area contributed by atoms with E-state index in [1.165, 1.54) is 42.5 Å². The van der Waals surface area contributed by atoms with Crippen LogP contribution in [0.4, 0.5) is 16.0 Å². The fourth-order valence-corrected chi connectivity index (χ4v) is 4.51. The van der Waals surface area contributed by atoms with Crippen molar-refractivity contribution in [1.82, 2.24) is 9.97 Å². The molecule has 1 aliphatic rings. The number of benzene rings is 3. The molecule has 4 aromatic rings. The summed E-state index contributed by atoms with van der Waals surface area (Å²) >= 11 is 0. The molecule has 1 atom stereocenters. The number of aliphatic hydroxyl groups excluding tert-OH is 1. The molecule has 1 aromatic heterocycles. The molecule has 1 fully saturated rings. The van der Waals surface area contributed by atoms with Gasteiger partial charge in [-0.2, -0.15) is 0 Å². The number of fused-ring (bicyclic) bond motifs is 1. The van der Waals surface area contributed by atoms with Crippen LogP contribution >= 0.6 is 0 Å². The second-order valence-corrected chi connectivity index (χ2v) is 10.1. The van der Waals surface area contributed by atoms with Gasteiger partial charge in [-0.1, -0.05) is 45.0 Å². The van der Waals surface area contributed by atoms with E-state index in [0.717, 1.165) is 10.5 Å². The zero-order valence-electron chi connectivity index (χ0n) is 20.7. The fraction of sp³-hybridized carbons (Fsp3) is 0.179. The number of carbonyl (C=O) groups excluding carboxylic acids is 2. The van der Waals surface area contributed by atoms with Gasteiger partial charge in [0.1, 0.15) is 11.6 Å². The van der Waals surface area contributed by atoms with Crippen LogP contribution in [0.2, 0.25) is 0 Å². The summed E-state index contributed by atoms with van der Waals surface area (Å²) in [5, 5.41) is 22.3. The van der Waals surface area contributed by atoms with Crippen molar-refractivity contribution in [3.05, 3.63) is 105 Å². The number of halogens is 1. The minimum absolute atomic E-state index is 0.0142. The van der Waals surface area contributed by atoms with Crippen molar-refractivity contribution in [3.8, 4) is 0 Å². The van der Waals surface area contributed by atoms with Crippen molar-refractivity contribution in [3.63, 3.8) is 0 Å². The van der Waals surface area contributed by atoms with Crippen LogP contribution in [0.15, 0.2) is 72.3 Å². The van der Waals surface area contributed by atoms with Gasteiger partial charge < -0.3 is 10.1 Å². The van der Waals surface area contributed by atoms with Gasteiger partial charge in [-0.25, -0.2) is 9.37 Å². The molecule has 1 saturated heterocycles. The molecule has 2 N–H and O–H groups in total. The number of imidazole rings is 1. The molecule has 38 heavy (non-hydrogen) atoms. The summed E-state index contributed by atoms with van der Waals surface area (Å²) in [4.78, 5) is 45.6. The Labute approximate surface area is 216 Å². The Bertz CT molecular complexity index is 1630. The molecular formula is C28H23FN4O5. The quantitative estimate of drug-likeness (QED) is 0.121. The highest BCUT2D eigenvalue weighted by Crippen LogP contribution is 2.42. The number of ketones is 1. The van der Waals surface area contributed by atoms with Gasteiger partial charge in [0, 0.05) is 17.7 Å². The van der Waals surface area contributed by atoms with Crippen molar-refractivity contribution in [2.45, 2.75) is 32.2 Å². The molecule has 0 aliphatic carbocycles. The van der Waals surface area contributed by atoms with Crippen LogP contribution in [-0.4, -0.2) is 31.7 Å². The summed E-state index contributed by atoms with van der Waals surface area (Å²) in [5.41, 5.74) is 1.88. The number of nitrogens with zero attached hydrogens (tertiary/aromatic N) is 3. The van der Waals surface area contributed by atoms with Gasteiger partial charge >= 0.3 is 5.91 Å². The Kier molecular flexibility index (Phi) is 5.82. The second-order valence-electron chi connectivity index (χ2n) is 10.1. The first-order chi connectivity index (χ1) is 18.0. The van der Waals surface area contributed by atoms with Gasteiger partial charge in [0.25, 0.3) is 11.5 Å². The number of non-ortho nitro benzene ring substituents is 1. The first-order valence-electron chi connectivity index (χ1n) is 11.8. The number of rotatable bonds is 4. The number of hydrogen-bond acceptors (Lipinski definition) is 6. The molecule has 1 unspecified atom stereocenters.